The predicted octanol–water partition coefficient (Wildman–Crippen LogP) is 2.07. The SMILES string of the molecule is CCn1nnnc1-c1cccc(C(=O)Nc2nccs2)c1. The molecule has 0 fully saturated rings. The Hall–Kier alpha value is -2.61. The maximum Gasteiger partial charge on any atom is 0.257 e. The van der Waals surface area contributed by atoms with Crippen LogP contribution in [-0.4, -0.2) is 31.1 Å². The van der Waals surface area contributed by atoms with Gasteiger partial charge in [0.1, 0.15) is 0 Å². The van der Waals surface area contributed by atoms with E-state index < -0.39 is 0 Å². The first-order valence-corrected chi connectivity index (χ1v) is 7.23. The highest BCUT2D eigenvalue weighted by Crippen LogP contribution is 2.18. The van der Waals surface area contributed by atoms with E-state index in [9.17, 15) is 4.79 Å². The molecule has 1 aromatic carbocycles. The number of anilines is 1. The Morgan fingerprint density at radius 1 is 1.43 bits per heavy atom. The Morgan fingerprint density at radius 2 is 2.33 bits per heavy atom. The van der Waals surface area contributed by atoms with Crippen molar-refractivity contribution in [2.45, 2.75) is 13.5 Å². The molecule has 1 N–H and O–H groups in total. The van der Waals surface area contributed by atoms with Crippen LogP contribution in [0.1, 0.15) is 17.3 Å². The number of amides is 1. The highest BCUT2D eigenvalue weighted by atomic mass is 32.1. The lowest BCUT2D eigenvalue weighted by Crippen LogP contribution is -2.11. The summed E-state index contributed by atoms with van der Waals surface area (Å²) < 4.78 is 1.68. The van der Waals surface area contributed by atoms with E-state index in [1.807, 2.05) is 13.0 Å². The van der Waals surface area contributed by atoms with Crippen molar-refractivity contribution in [2.24, 2.45) is 0 Å². The molecule has 0 saturated carbocycles. The number of carbonyl (C=O) groups is 1. The predicted molar refractivity (Wildman–Crippen MR) is 79.0 cm³/mol. The second-order valence-electron chi connectivity index (χ2n) is 4.19. The molecule has 0 spiro atoms. The van der Waals surface area contributed by atoms with Gasteiger partial charge in [0.2, 0.25) is 0 Å². The van der Waals surface area contributed by atoms with Crippen molar-refractivity contribution in [1.82, 2.24) is 25.2 Å². The van der Waals surface area contributed by atoms with Crippen molar-refractivity contribution < 1.29 is 4.79 Å². The third-order valence-electron chi connectivity index (χ3n) is 2.87. The van der Waals surface area contributed by atoms with E-state index >= 15 is 0 Å². The summed E-state index contributed by atoms with van der Waals surface area (Å²) in [4.78, 5) is 16.2. The minimum Gasteiger partial charge on any atom is -0.298 e. The Kier molecular flexibility index (Phi) is 3.69. The highest BCUT2D eigenvalue weighted by molar-refractivity contribution is 7.13. The standard InChI is InChI=1S/C13H12N6OS/c1-2-19-11(16-17-18-19)9-4-3-5-10(8-9)12(20)15-13-14-6-7-21-13/h3-8H,2H2,1H3,(H,14,15,20). The number of hydrogen-bond acceptors (Lipinski definition) is 6. The molecule has 0 saturated heterocycles. The number of tetrazole rings is 1. The number of aromatic nitrogens is 5. The third kappa shape index (κ3) is 2.79. The lowest BCUT2D eigenvalue weighted by Gasteiger charge is -2.05. The van der Waals surface area contributed by atoms with Crippen molar-refractivity contribution in [3.8, 4) is 11.4 Å². The van der Waals surface area contributed by atoms with Crippen LogP contribution in [0.15, 0.2) is 35.8 Å². The molecule has 3 rings (SSSR count). The summed E-state index contributed by atoms with van der Waals surface area (Å²) in [5.74, 6) is 0.434. The van der Waals surface area contributed by atoms with Crippen LogP contribution < -0.4 is 5.32 Å². The fraction of sp³-hybridized carbons (Fsp3) is 0.154. The van der Waals surface area contributed by atoms with Crippen molar-refractivity contribution in [3.63, 3.8) is 0 Å². The quantitative estimate of drug-likeness (QED) is 0.797. The molecule has 0 unspecified atom stereocenters. The van der Waals surface area contributed by atoms with Crippen molar-refractivity contribution in [2.75, 3.05) is 5.32 Å². The van der Waals surface area contributed by atoms with E-state index in [1.54, 1.807) is 34.5 Å². The molecular weight excluding hydrogens is 288 g/mol. The van der Waals surface area contributed by atoms with Gasteiger partial charge in [0, 0.05) is 29.2 Å². The number of thiazole rings is 1. The molecule has 0 aliphatic carbocycles. The van der Waals surface area contributed by atoms with Gasteiger partial charge < -0.3 is 0 Å². The van der Waals surface area contributed by atoms with Gasteiger partial charge in [-0.25, -0.2) is 9.67 Å². The number of aryl methyl sites for hydroxylation is 1. The van der Waals surface area contributed by atoms with Crippen LogP contribution in [0.4, 0.5) is 5.13 Å². The molecule has 8 heteroatoms. The first-order chi connectivity index (χ1) is 10.3. The van der Waals surface area contributed by atoms with E-state index in [0.717, 1.165) is 5.56 Å². The summed E-state index contributed by atoms with van der Waals surface area (Å²) >= 11 is 1.37. The van der Waals surface area contributed by atoms with E-state index in [2.05, 4.69) is 25.8 Å². The largest absolute Gasteiger partial charge is 0.298 e. The van der Waals surface area contributed by atoms with E-state index in [4.69, 9.17) is 0 Å². The van der Waals surface area contributed by atoms with Gasteiger partial charge in [-0.3, -0.25) is 10.1 Å². The average Bonchev–Trinajstić information content (AvgIpc) is 3.18. The normalized spacial score (nSPS) is 10.5. The lowest BCUT2D eigenvalue weighted by atomic mass is 10.1. The molecule has 0 aliphatic rings. The maximum absolute atomic E-state index is 12.2. The van der Waals surface area contributed by atoms with Gasteiger partial charge in [0.25, 0.3) is 5.91 Å². The van der Waals surface area contributed by atoms with Crippen molar-refractivity contribution in [1.29, 1.82) is 0 Å². The number of hydrogen-bond donors (Lipinski definition) is 1. The van der Waals surface area contributed by atoms with Crippen LogP contribution >= 0.6 is 11.3 Å². The second-order valence-corrected chi connectivity index (χ2v) is 5.09. The van der Waals surface area contributed by atoms with E-state index in [-0.39, 0.29) is 5.91 Å². The van der Waals surface area contributed by atoms with Crippen LogP contribution in [0.2, 0.25) is 0 Å². The average molecular weight is 300 g/mol. The molecule has 1 amide bonds. The van der Waals surface area contributed by atoms with Crippen molar-refractivity contribution in [3.05, 3.63) is 41.4 Å². The summed E-state index contributed by atoms with van der Waals surface area (Å²) in [6.07, 6.45) is 1.64. The monoisotopic (exact) mass is 300 g/mol. The number of nitrogens with zero attached hydrogens (tertiary/aromatic N) is 5. The molecule has 0 bridgehead atoms. The third-order valence-corrected chi connectivity index (χ3v) is 3.56. The van der Waals surface area contributed by atoms with Gasteiger partial charge in [-0.1, -0.05) is 12.1 Å². The highest BCUT2D eigenvalue weighted by Gasteiger charge is 2.12. The second kappa shape index (κ2) is 5.80. The van der Waals surface area contributed by atoms with Gasteiger partial charge in [-0.15, -0.1) is 16.4 Å². The van der Waals surface area contributed by atoms with Gasteiger partial charge in [0.15, 0.2) is 11.0 Å². The molecular formula is C13H12N6OS. The summed E-state index contributed by atoms with van der Waals surface area (Å²) in [5.41, 5.74) is 1.34. The Morgan fingerprint density at radius 3 is 3.10 bits per heavy atom. The summed E-state index contributed by atoms with van der Waals surface area (Å²) in [5, 5.41) is 16.7. The molecule has 0 atom stereocenters. The van der Waals surface area contributed by atoms with Crippen LogP contribution in [0.5, 0.6) is 0 Å². The zero-order valence-corrected chi connectivity index (χ0v) is 12.0. The number of nitrogens with one attached hydrogen (secondary N) is 1. The molecule has 106 valence electrons. The van der Waals surface area contributed by atoms with Crippen LogP contribution in [0.3, 0.4) is 0 Å². The summed E-state index contributed by atoms with van der Waals surface area (Å²) in [7, 11) is 0. The summed E-state index contributed by atoms with van der Waals surface area (Å²) in [6.45, 7) is 2.62. The van der Waals surface area contributed by atoms with Gasteiger partial charge in [-0.05, 0) is 29.5 Å². The summed E-state index contributed by atoms with van der Waals surface area (Å²) in [6, 6.07) is 7.19. The molecule has 2 aromatic heterocycles. The van der Waals surface area contributed by atoms with E-state index in [1.165, 1.54) is 11.3 Å². The molecule has 2 heterocycles. The molecule has 7 nitrogen and oxygen atoms in total. The van der Waals surface area contributed by atoms with Crippen LogP contribution in [-0.2, 0) is 6.54 Å². The molecule has 3 aromatic rings. The Bertz CT molecular complexity index is 752. The van der Waals surface area contributed by atoms with Gasteiger partial charge >= 0.3 is 0 Å². The number of carbonyl (C=O) groups excluding carboxylic acids is 1. The fourth-order valence-electron chi connectivity index (χ4n) is 1.88. The smallest absolute Gasteiger partial charge is 0.257 e. The fourth-order valence-corrected chi connectivity index (χ4v) is 2.40. The lowest BCUT2D eigenvalue weighted by molar-refractivity contribution is 0.102. The van der Waals surface area contributed by atoms with E-state index in [0.29, 0.717) is 23.1 Å². The zero-order chi connectivity index (χ0) is 14.7. The van der Waals surface area contributed by atoms with Crippen LogP contribution in [0.25, 0.3) is 11.4 Å². The Labute approximate surface area is 124 Å². The number of benzene rings is 1. The zero-order valence-electron chi connectivity index (χ0n) is 11.2. The van der Waals surface area contributed by atoms with Crippen molar-refractivity contribution >= 4 is 22.4 Å². The molecule has 21 heavy (non-hydrogen) atoms. The first kappa shape index (κ1) is 13.4. The minimum absolute atomic E-state index is 0.206. The first-order valence-electron chi connectivity index (χ1n) is 6.35. The Balaban J connectivity index is 1.88. The number of rotatable bonds is 4. The molecule has 0 radical (unpaired) electrons. The molecule has 0 aliphatic heterocycles. The van der Waals surface area contributed by atoms with Gasteiger partial charge in [-0.2, -0.15) is 0 Å². The van der Waals surface area contributed by atoms with Gasteiger partial charge in [0.05, 0.1) is 0 Å². The topological polar surface area (TPSA) is 85.6 Å². The maximum atomic E-state index is 12.2. The minimum atomic E-state index is -0.206. The van der Waals surface area contributed by atoms with Crippen LogP contribution in [0, 0.1) is 0 Å².